The van der Waals surface area contributed by atoms with Crippen LogP contribution in [-0.4, -0.2) is 11.8 Å². The van der Waals surface area contributed by atoms with Gasteiger partial charge in [0.05, 0.1) is 0 Å². The predicted octanol–water partition coefficient (Wildman–Crippen LogP) is 3.75. The van der Waals surface area contributed by atoms with E-state index in [-0.39, 0.29) is 17.1 Å². The Balaban J connectivity index is 2.65. The van der Waals surface area contributed by atoms with Crippen LogP contribution < -0.4 is 5.73 Å². The lowest BCUT2D eigenvalue weighted by molar-refractivity contribution is 0.625. The minimum Gasteiger partial charge on any atom is -0.327 e. The van der Waals surface area contributed by atoms with E-state index < -0.39 is 0 Å². The highest BCUT2D eigenvalue weighted by atomic mass is 32.2. The monoisotopic (exact) mass is 241 g/mol. The Kier molecular flexibility index (Phi) is 5.85. The number of nitrogens with two attached hydrogens (primary N) is 1. The summed E-state index contributed by atoms with van der Waals surface area (Å²) in [6.45, 7) is 4.19. The van der Waals surface area contributed by atoms with Gasteiger partial charge in [-0.25, -0.2) is 4.39 Å². The minimum atomic E-state index is -0.189. The van der Waals surface area contributed by atoms with E-state index in [1.54, 1.807) is 0 Å². The van der Waals surface area contributed by atoms with Crippen molar-refractivity contribution in [2.75, 3.05) is 5.75 Å². The molecule has 0 bridgehead atoms. The lowest BCUT2D eigenvalue weighted by Crippen LogP contribution is -2.22. The topological polar surface area (TPSA) is 26.0 Å². The second kappa shape index (κ2) is 6.92. The fraction of sp³-hybridized carbons (Fsp3) is 0.538. The number of rotatable bonds is 6. The van der Waals surface area contributed by atoms with Crippen LogP contribution in [0, 0.1) is 5.82 Å². The highest BCUT2D eigenvalue weighted by Gasteiger charge is 2.16. The SMILES string of the molecule is CCCCSC(c1ccc(F)cc1)C(C)N. The van der Waals surface area contributed by atoms with E-state index in [1.165, 1.54) is 25.0 Å². The van der Waals surface area contributed by atoms with Gasteiger partial charge in [-0.05, 0) is 36.8 Å². The van der Waals surface area contributed by atoms with Crippen LogP contribution >= 0.6 is 11.8 Å². The van der Waals surface area contributed by atoms with Gasteiger partial charge in [0.15, 0.2) is 0 Å². The average molecular weight is 241 g/mol. The summed E-state index contributed by atoms with van der Waals surface area (Å²) in [6, 6.07) is 6.77. The Morgan fingerprint density at radius 1 is 1.31 bits per heavy atom. The van der Waals surface area contributed by atoms with Gasteiger partial charge in [-0.2, -0.15) is 11.8 Å². The number of hydrogen-bond donors (Lipinski definition) is 1. The van der Waals surface area contributed by atoms with Gasteiger partial charge in [-0.15, -0.1) is 0 Å². The van der Waals surface area contributed by atoms with Gasteiger partial charge in [0.1, 0.15) is 5.82 Å². The molecule has 2 N–H and O–H groups in total. The van der Waals surface area contributed by atoms with E-state index in [0.29, 0.717) is 0 Å². The lowest BCUT2D eigenvalue weighted by atomic mass is 10.1. The summed E-state index contributed by atoms with van der Waals surface area (Å²) in [5.74, 6) is 0.922. The van der Waals surface area contributed by atoms with Crippen molar-refractivity contribution >= 4 is 11.8 Å². The van der Waals surface area contributed by atoms with Crippen molar-refractivity contribution in [1.29, 1.82) is 0 Å². The Labute approximate surface area is 102 Å². The molecule has 0 aliphatic carbocycles. The fourth-order valence-electron chi connectivity index (χ4n) is 1.56. The summed E-state index contributed by atoms with van der Waals surface area (Å²) in [5, 5.41) is 0.271. The molecule has 0 spiro atoms. The van der Waals surface area contributed by atoms with Crippen LogP contribution in [0.4, 0.5) is 4.39 Å². The zero-order chi connectivity index (χ0) is 12.0. The zero-order valence-electron chi connectivity index (χ0n) is 9.95. The standard InChI is InChI=1S/C13H20FNS/c1-3-4-9-16-13(10(2)15)11-5-7-12(14)8-6-11/h5-8,10,13H,3-4,9,15H2,1-2H3. The third-order valence-corrected chi connectivity index (χ3v) is 4.06. The molecule has 0 saturated heterocycles. The Bertz CT molecular complexity index is 297. The van der Waals surface area contributed by atoms with Crippen molar-refractivity contribution in [3.63, 3.8) is 0 Å². The first-order chi connectivity index (χ1) is 7.65. The Morgan fingerprint density at radius 3 is 2.44 bits per heavy atom. The van der Waals surface area contributed by atoms with Crippen molar-refractivity contribution in [3.05, 3.63) is 35.6 Å². The lowest BCUT2D eigenvalue weighted by Gasteiger charge is -2.20. The largest absolute Gasteiger partial charge is 0.327 e. The zero-order valence-corrected chi connectivity index (χ0v) is 10.8. The van der Waals surface area contributed by atoms with Crippen LogP contribution in [-0.2, 0) is 0 Å². The third-order valence-electron chi connectivity index (χ3n) is 2.47. The number of unbranched alkanes of at least 4 members (excludes halogenated alkanes) is 1. The third kappa shape index (κ3) is 4.14. The van der Waals surface area contributed by atoms with E-state index in [1.807, 2.05) is 30.8 Å². The van der Waals surface area contributed by atoms with Crippen LogP contribution in [0.3, 0.4) is 0 Å². The highest BCUT2D eigenvalue weighted by molar-refractivity contribution is 7.99. The summed E-state index contributed by atoms with van der Waals surface area (Å²) < 4.78 is 12.8. The molecule has 1 nitrogen and oxygen atoms in total. The Hall–Kier alpha value is -0.540. The van der Waals surface area contributed by atoms with E-state index in [2.05, 4.69) is 6.92 Å². The molecule has 2 atom stereocenters. The fourth-order valence-corrected chi connectivity index (χ4v) is 2.92. The van der Waals surface area contributed by atoms with Gasteiger partial charge >= 0.3 is 0 Å². The molecule has 0 aromatic heterocycles. The maximum absolute atomic E-state index is 12.8. The van der Waals surface area contributed by atoms with Crippen molar-refractivity contribution in [2.45, 2.75) is 38.0 Å². The van der Waals surface area contributed by atoms with Crippen molar-refractivity contribution < 1.29 is 4.39 Å². The molecule has 0 fully saturated rings. The maximum Gasteiger partial charge on any atom is 0.123 e. The molecule has 0 amide bonds. The Morgan fingerprint density at radius 2 is 1.94 bits per heavy atom. The second-order valence-corrected chi connectivity index (χ2v) is 5.31. The minimum absolute atomic E-state index is 0.0901. The highest BCUT2D eigenvalue weighted by Crippen LogP contribution is 2.31. The van der Waals surface area contributed by atoms with E-state index in [0.717, 1.165) is 11.3 Å². The summed E-state index contributed by atoms with van der Waals surface area (Å²) in [4.78, 5) is 0. The van der Waals surface area contributed by atoms with Crippen LogP contribution in [0.2, 0.25) is 0 Å². The summed E-state index contributed by atoms with van der Waals surface area (Å²) in [5.41, 5.74) is 7.10. The van der Waals surface area contributed by atoms with Gasteiger partial charge in [-0.3, -0.25) is 0 Å². The van der Waals surface area contributed by atoms with Crippen LogP contribution in [0.25, 0.3) is 0 Å². The quantitative estimate of drug-likeness (QED) is 0.768. The molecular formula is C13H20FNS. The molecule has 1 rings (SSSR count). The molecule has 1 aromatic rings. The predicted molar refractivity (Wildman–Crippen MR) is 70.2 cm³/mol. The van der Waals surface area contributed by atoms with E-state index in [9.17, 15) is 4.39 Å². The summed E-state index contributed by atoms with van der Waals surface area (Å²) >= 11 is 1.87. The molecule has 0 heterocycles. The molecule has 0 aliphatic heterocycles. The van der Waals surface area contributed by atoms with Gasteiger partial charge in [0.2, 0.25) is 0 Å². The molecular weight excluding hydrogens is 221 g/mol. The first-order valence-electron chi connectivity index (χ1n) is 5.77. The molecule has 2 unspecified atom stereocenters. The van der Waals surface area contributed by atoms with Gasteiger partial charge < -0.3 is 5.73 Å². The smallest absolute Gasteiger partial charge is 0.123 e. The van der Waals surface area contributed by atoms with Crippen molar-refractivity contribution in [3.8, 4) is 0 Å². The molecule has 0 radical (unpaired) electrons. The molecule has 1 aromatic carbocycles. The average Bonchev–Trinajstić information content (AvgIpc) is 2.26. The normalized spacial score (nSPS) is 14.8. The molecule has 3 heteroatoms. The first kappa shape index (κ1) is 13.5. The number of halogens is 1. The van der Waals surface area contributed by atoms with Crippen molar-refractivity contribution in [2.24, 2.45) is 5.73 Å². The van der Waals surface area contributed by atoms with Crippen LogP contribution in [0.15, 0.2) is 24.3 Å². The van der Waals surface area contributed by atoms with Crippen LogP contribution in [0.5, 0.6) is 0 Å². The second-order valence-electron chi connectivity index (χ2n) is 4.06. The van der Waals surface area contributed by atoms with E-state index in [4.69, 9.17) is 5.73 Å². The molecule has 0 aliphatic rings. The number of benzene rings is 1. The van der Waals surface area contributed by atoms with Gasteiger partial charge in [-0.1, -0.05) is 25.5 Å². The molecule has 0 saturated carbocycles. The number of hydrogen-bond acceptors (Lipinski definition) is 2. The summed E-state index contributed by atoms with van der Waals surface area (Å²) in [7, 11) is 0. The van der Waals surface area contributed by atoms with E-state index >= 15 is 0 Å². The molecule has 16 heavy (non-hydrogen) atoms. The first-order valence-corrected chi connectivity index (χ1v) is 6.82. The molecule has 90 valence electrons. The van der Waals surface area contributed by atoms with Crippen molar-refractivity contribution in [1.82, 2.24) is 0 Å². The van der Waals surface area contributed by atoms with Gasteiger partial charge in [0, 0.05) is 11.3 Å². The summed E-state index contributed by atoms with van der Waals surface area (Å²) in [6.07, 6.45) is 2.40. The number of thioether (sulfide) groups is 1. The van der Waals surface area contributed by atoms with Crippen LogP contribution in [0.1, 0.15) is 37.5 Å². The van der Waals surface area contributed by atoms with Gasteiger partial charge in [0.25, 0.3) is 0 Å². The maximum atomic E-state index is 12.8.